The van der Waals surface area contributed by atoms with Crippen LogP contribution >= 0.6 is 11.3 Å². The third-order valence-corrected chi connectivity index (χ3v) is 5.97. The highest BCUT2D eigenvalue weighted by Gasteiger charge is 2.28. The van der Waals surface area contributed by atoms with E-state index in [4.69, 9.17) is 5.21 Å². The number of hydroxylamine groups is 1. The highest BCUT2D eigenvalue weighted by Crippen LogP contribution is 2.23. The van der Waals surface area contributed by atoms with E-state index in [1.165, 1.54) is 23.7 Å². The zero-order valence-electron chi connectivity index (χ0n) is 13.3. The Morgan fingerprint density at radius 2 is 1.96 bits per heavy atom. The van der Waals surface area contributed by atoms with Gasteiger partial charge in [-0.25, -0.2) is 18.3 Å². The molecule has 0 aliphatic heterocycles. The van der Waals surface area contributed by atoms with Crippen molar-refractivity contribution in [3.8, 4) is 0 Å². The van der Waals surface area contributed by atoms with E-state index in [9.17, 15) is 17.6 Å². The molecule has 3 N–H and O–H groups in total. The van der Waals surface area contributed by atoms with Crippen LogP contribution in [0.4, 0.5) is 4.39 Å². The number of rotatable bonds is 6. The van der Waals surface area contributed by atoms with Gasteiger partial charge in [0, 0.05) is 10.3 Å². The van der Waals surface area contributed by atoms with Crippen LogP contribution in [0, 0.1) is 5.82 Å². The summed E-state index contributed by atoms with van der Waals surface area (Å²) < 4.78 is 42.2. The van der Waals surface area contributed by atoms with Crippen LogP contribution in [-0.4, -0.2) is 19.5 Å². The van der Waals surface area contributed by atoms with Crippen LogP contribution < -0.4 is 10.2 Å². The predicted octanol–water partition coefficient (Wildman–Crippen LogP) is 2.71. The fourth-order valence-electron chi connectivity index (χ4n) is 2.58. The van der Waals surface area contributed by atoms with E-state index in [1.54, 1.807) is 23.5 Å². The molecule has 1 heterocycles. The third-order valence-electron chi connectivity index (χ3n) is 3.76. The average molecular weight is 394 g/mol. The number of benzene rings is 2. The fraction of sp³-hybridized carbons (Fsp3) is 0.118. The van der Waals surface area contributed by atoms with Gasteiger partial charge in [0.05, 0.1) is 5.75 Å². The second-order valence-electron chi connectivity index (χ2n) is 5.60. The molecule has 0 aliphatic rings. The quantitative estimate of drug-likeness (QED) is 0.442. The van der Waals surface area contributed by atoms with Gasteiger partial charge in [-0.1, -0.05) is 24.3 Å². The largest absolute Gasteiger partial charge is 0.289 e. The summed E-state index contributed by atoms with van der Waals surface area (Å²) >= 11 is 1.54. The zero-order chi connectivity index (χ0) is 18.7. The van der Waals surface area contributed by atoms with Gasteiger partial charge < -0.3 is 0 Å². The number of nitrogens with one attached hydrogen (secondary N) is 2. The first-order chi connectivity index (χ1) is 12.4. The molecule has 0 saturated heterocycles. The monoisotopic (exact) mass is 394 g/mol. The Labute approximate surface area is 153 Å². The first-order valence-corrected chi connectivity index (χ1v) is 10.1. The third kappa shape index (κ3) is 4.07. The molecule has 0 aliphatic carbocycles. The van der Waals surface area contributed by atoms with Crippen molar-refractivity contribution >= 4 is 37.4 Å². The lowest BCUT2D eigenvalue weighted by Crippen LogP contribution is -2.40. The molecule has 9 heteroatoms. The smallest absolute Gasteiger partial charge is 0.266 e. The van der Waals surface area contributed by atoms with Crippen molar-refractivity contribution in [2.75, 3.05) is 0 Å². The van der Waals surface area contributed by atoms with Crippen LogP contribution in [0.25, 0.3) is 10.1 Å². The lowest BCUT2D eigenvalue weighted by molar-refractivity contribution is -0.131. The van der Waals surface area contributed by atoms with Gasteiger partial charge in [-0.2, -0.15) is 4.72 Å². The normalized spacial score (nSPS) is 12.8. The zero-order valence-corrected chi connectivity index (χ0v) is 15.0. The first kappa shape index (κ1) is 18.5. The Morgan fingerprint density at radius 3 is 2.69 bits per heavy atom. The molecule has 0 radical (unpaired) electrons. The number of halogens is 1. The Balaban J connectivity index is 1.87. The summed E-state index contributed by atoms with van der Waals surface area (Å²) in [7, 11) is -3.99. The van der Waals surface area contributed by atoms with Gasteiger partial charge in [0.2, 0.25) is 10.0 Å². The van der Waals surface area contributed by atoms with E-state index in [1.807, 2.05) is 17.5 Å². The Kier molecular flexibility index (Phi) is 5.33. The highest BCUT2D eigenvalue weighted by molar-refractivity contribution is 7.88. The van der Waals surface area contributed by atoms with Crippen LogP contribution in [0.5, 0.6) is 0 Å². The molecule has 0 unspecified atom stereocenters. The van der Waals surface area contributed by atoms with Crippen LogP contribution in [0.1, 0.15) is 17.2 Å². The molecule has 0 saturated carbocycles. The van der Waals surface area contributed by atoms with Crippen molar-refractivity contribution in [1.29, 1.82) is 0 Å². The molecule has 0 spiro atoms. The minimum Gasteiger partial charge on any atom is -0.289 e. The number of carbonyl (C=O) groups is 1. The first-order valence-electron chi connectivity index (χ1n) is 7.54. The molecule has 0 bridgehead atoms. The summed E-state index contributed by atoms with van der Waals surface area (Å²) in [4.78, 5) is 11.9. The Bertz CT molecular complexity index is 1050. The second-order valence-corrected chi connectivity index (χ2v) is 8.30. The van der Waals surface area contributed by atoms with E-state index >= 15 is 0 Å². The summed E-state index contributed by atoms with van der Waals surface area (Å²) in [6, 6.07) is 10.8. The molecule has 1 amide bonds. The van der Waals surface area contributed by atoms with Crippen molar-refractivity contribution < 1.29 is 22.8 Å². The SMILES string of the molecule is O=C(NO)[C@H](NS(=O)(=O)Cc1ccc2sccc2c1)c1ccccc1F. The lowest BCUT2D eigenvalue weighted by atomic mass is 10.1. The summed E-state index contributed by atoms with van der Waals surface area (Å²) in [6.07, 6.45) is 0. The minimum absolute atomic E-state index is 0.184. The van der Waals surface area contributed by atoms with Crippen LogP contribution in [0.2, 0.25) is 0 Å². The van der Waals surface area contributed by atoms with E-state index in [0.717, 1.165) is 16.2 Å². The Morgan fingerprint density at radius 1 is 1.19 bits per heavy atom. The minimum atomic E-state index is -3.99. The molecular formula is C17H15FN2O4S2. The van der Waals surface area contributed by atoms with Gasteiger partial charge in [-0.3, -0.25) is 10.0 Å². The van der Waals surface area contributed by atoms with E-state index in [-0.39, 0.29) is 11.3 Å². The van der Waals surface area contributed by atoms with Gasteiger partial charge in [0.25, 0.3) is 5.91 Å². The molecule has 0 fully saturated rings. The van der Waals surface area contributed by atoms with Crippen molar-refractivity contribution in [3.05, 3.63) is 70.9 Å². The van der Waals surface area contributed by atoms with Crippen LogP contribution in [0.15, 0.2) is 53.9 Å². The highest BCUT2D eigenvalue weighted by atomic mass is 32.2. The molecule has 3 aromatic rings. The molecule has 1 aromatic heterocycles. The van der Waals surface area contributed by atoms with Crippen LogP contribution in [-0.2, 0) is 20.6 Å². The van der Waals surface area contributed by atoms with Gasteiger partial charge in [-0.05, 0) is 40.6 Å². The number of fused-ring (bicyclic) bond motifs is 1. The lowest BCUT2D eigenvalue weighted by Gasteiger charge is -2.18. The van der Waals surface area contributed by atoms with Gasteiger partial charge in [0.1, 0.15) is 11.9 Å². The molecule has 2 aromatic carbocycles. The summed E-state index contributed by atoms with van der Waals surface area (Å²) in [5, 5.41) is 11.7. The van der Waals surface area contributed by atoms with Gasteiger partial charge in [0.15, 0.2) is 0 Å². The standard InChI is InChI=1S/C17H15FN2O4S2/c18-14-4-2-1-3-13(14)16(17(21)19-22)20-26(23,24)10-11-5-6-15-12(9-11)7-8-25-15/h1-9,16,20,22H,10H2,(H,19,21)/t16-/m1/s1. The Hall–Kier alpha value is -2.33. The fourth-order valence-corrected chi connectivity index (χ4v) is 4.64. The summed E-state index contributed by atoms with van der Waals surface area (Å²) in [6.45, 7) is 0. The molecule has 1 atom stereocenters. The summed E-state index contributed by atoms with van der Waals surface area (Å²) in [5.74, 6) is -2.22. The van der Waals surface area contributed by atoms with Crippen molar-refractivity contribution in [2.45, 2.75) is 11.8 Å². The van der Waals surface area contributed by atoms with Gasteiger partial charge in [-0.15, -0.1) is 11.3 Å². The number of hydrogen-bond donors (Lipinski definition) is 3. The number of thiophene rings is 1. The van der Waals surface area contributed by atoms with Crippen molar-refractivity contribution in [3.63, 3.8) is 0 Å². The van der Waals surface area contributed by atoms with Crippen LogP contribution in [0.3, 0.4) is 0 Å². The van der Waals surface area contributed by atoms with E-state index in [2.05, 4.69) is 4.72 Å². The average Bonchev–Trinajstić information content (AvgIpc) is 3.07. The van der Waals surface area contributed by atoms with Crippen molar-refractivity contribution in [1.82, 2.24) is 10.2 Å². The number of sulfonamides is 1. The molecule has 136 valence electrons. The maximum Gasteiger partial charge on any atom is 0.266 e. The second kappa shape index (κ2) is 7.50. The number of amides is 1. The molecule has 3 rings (SSSR count). The maximum absolute atomic E-state index is 14.0. The van der Waals surface area contributed by atoms with E-state index in [0.29, 0.717) is 5.56 Å². The van der Waals surface area contributed by atoms with E-state index < -0.39 is 27.8 Å². The number of hydrogen-bond acceptors (Lipinski definition) is 5. The van der Waals surface area contributed by atoms with Gasteiger partial charge >= 0.3 is 0 Å². The topological polar surface area (TPSA) is 95.5 Å². The maximum atomic E-state index is 14.0. The van der Waals surface area contributed by atoms with Crippen molar-refractivity contribution in [2.24, 2.45) is 0 Å². The number of carbonyl (C=O) groups excluding carboxylic acids is 1. The molecule has 6 nitrogen and oxygen atoms in total. The molecular weight excluding hydrogens is 379 g/mol. The molecule has 26 heavy (non-hydrogen) atoms. The predicted molar refractivity (Wildman–Crippen MR) is 96.7 cm³/mol. The summed E-state index contributed by atoms with van der Waals surface area (Å²) in [5.41, 5.74) is 1.71.